The van der Waals surface area contributed by atoms with Gasteiger partial charge in [0.15, 0.2) is 0 Å². The topological polar surface area (TPSA) is 43.8 Å². The molecule has 4 nitrogen and oxygen atoms in total. The van der Waals surface area contributed by atoms with Gasteiger partial charge in [0.2, 0.25) is 0 Å². The van der Waals surface area contributed by atoms with E-state index >= 15 is 0 Å². The quantitative estimate of drug-likeness (QED) is 0.447. The Hall–Kier alpha value is -0.610. The minimum atomic E-state index is -0.680. The molecule has 0 amide bonds. The maximum absolute atomic E-state index is 10.4. The molecule has 0 heterocycles. The molecule has 0 aromatic rings. The van der Waals surface area contributed by atoms with Crippen LogP contribution >= 0.6 is 0 Å². The molecule has 17 heavy (non-hydrogen) atoms. The summed E-state index contributed by atoms with van der Waals surface area (Å²) >= 11 is 0. The molecular formula is C13H28N2O2. The summed E-state index contributed by atoms with van der Waals surface area (Å²) < 4.78 is 0. The Labute approximate surface area is 106 Å². The van der Waals surface area contributed by atoms with Crippen molar-refractivity contribution in [3.8, 4) is 0 Å². The van der Waals surface area contributed by atoms with Crippen LogP contribution in [0.3, 0.4) is 0 Å². The second kappa shape index (κ2) is 10.5. The van der Waals surface area contributed by atoms with E-state index in [9.17, 15) is 4.79 Å². The number of carboxylic acids is 1. The molecule has 102 valence electrons. The minimum Gasteiger partial charge on any atom is -0.481 e. The van der Waals surface area contributed by atoms with Crippen molar-refractivity contribution in [1.29, 1.82) is 0 Å². The van der Waals surface area contributed by atoms with Crippen molar-refractivity contribution in [2.24, 2.45) is 0 Å². The molecular weight excluding hydrogens is 216 g/mol. The minimum absolute atomic E-state index is 0.308. The van der Waals surface area contributed by atoms with E-state index < -0.39 is 5.97 Å². The van der Waals surface area contributed by atoms with Gasteiger partial charge in [-0.25, -0.2) is 0 Å². The number of carboxylic acid groups (broad SMARTS) is 1. The van der Waals surface area contributed by atoms with Crippen LogP contribution in [0.25, 0.3) is 0 Å². The lowest BCUT2D eigenvalue weighted by molar-refractivity contribution is -0.137. The Kier molecular flexibility index (Phi) is 10.2. The van der Waals surface area contributed by atoms with Crippen LogP contribution in [0.5, 0.6) is 0 Å². The van der Waals surface area contributed by atoms with Gasteiger partial charge in [-0.1, -0.05) is 20.3 Å². The fourth-order valence-electron chi connectivity index (χ4n) is 1.80. The molecule has 0 aromatic carbocycles. The van der Waals surface area contributed by atoms with Gasteiger partial charge < -0.3 is 5.11 Å². The predicted molar refractivity (Wildman–Crippen MR) is 71.1 cm³/mol. The summed E-state index contributed by atoms with van der Waals surface area (Å²) in [6, 6.07) is 0. The van der Waals surface area contributed by atoms with E-state index in [1.165, 1.54) is 6.42 Å². The smallest absolute Gasteiger partial charge is 0.303 e. The third kappa shape index (κ3) is 10.3. The standard InChI is InChI=1S/C13H28N2O2/c1-4-10-15(12-14(3)5-2)11-8-6-7-9-13(16)17/h4-12H2,1-3H3,(H,16,17). The van der Waals surface area contributed by atoms with Gasteiger partial charge in [0.05, 0.1) is 6.67 Å². The second-order valence-corrected chi connectivity index (χ2v) is 4.64. The largest absolute Gasteiger partial charge is 0.481 e. The zero-order chi connectivity index (χ0) is 13.1. The van der Waals surface area contributed by atoms with Crippen LogP contribution in [0.1, 0.15) is 46.0 Å². The van der Waals surface area contributed by atoms with Crippen molar-refractivity contribution < 1.29 is 9.90 Å². The van der Waals surface area contributed by atoms with E-state index in [1.54, 1.807) is 0 Å². The third-order valence-electron chi connectivity index (χ3n) is 2.89. The highest BCUT2D eigenvalue weighted by molar-refractivity contribution is 5.66. The lowest BCUT2D eigenvalue weighted by Crippen LogP contribution is -2.36. The summed E-state index contributed by atoms with van der Waals surface area (Å²) in [7, 11) is 2.13. The lowest BCUT2D eigenvalue weighted by Gasteiger charge is -2.26. The number of aliphatic carboxylic acids is 1. The first-order chi connectivity index (χ1) is 8.10. The molecule has 0 bridgehead atoms. The molecule has 0 spiro atoms. The molecule has 1 N–H and O–H groups in total. The molecule has 0 aliphatic carbocycles. The summed E-state index contributed by atoms with van der Waals surface area (Å²) in [4.78, 5) is 15.1. The summed E-state index contributed by atoms with van der Waals surface area (Å²) in [6.07, 6.45) is 4.40. The van der Waals surface area contributed by atoms with Crippen molar-refractivity contribution in [1.82, 2.24) is 9.80 Å². The van der Waals surface area contributed by atoms with Gasteiger partial charge in [-0.3, -0.25) is 14.6 Å². The number of unbranched alkanes of at least 4 members (excludes halogenated alkanes) is 2. The highest BCUT2D eigenvalue weighted by atomic mass is 16.4. The van der Waals surface area contributed by atoms with Crippen LogP contribution in [0.15, 0.2) is 0 Å². The molecule has 0 rings (SSSR count). The zero-order valence-corrected chi connectivity index (χ0v) is 11.6. The number of rotatable bonds is 11. The Balaban J connectivity index is 3.65. The van der Waals surface area contributed by atoms with E-state index in [2.05, 4.69) is 30.7 Å². The van der Waals surface area contributed by atoms with E-state index in [0.29, 0.717) is 6.42 Å². The van der Waals surface area contributed by atoms with Gasteiger partial charge in [0.25, 0.3) is 0 Å². The average molecular weight is 244 g/mol. The molecule has 0 saturated heterocycles. The summed E-state index contributed by atoms with van der Waals surface area (Å²) in [6.45, 7) is 8.66. The summed E-state index contributed by atoms with van der Waals surface area (Å²) in [5.41, 5.74) is 0. The van der Waals surface area contributed by atoms with Crippen molar-refractivity contribution in [3.05, 3.63) is 0 Å². The van der Waals surface area contributed by atoms with Gasteiger partial charge in [-0.2, -0.15) is 0 Å². The number of carbonyl (C=O) groups is 1. The second-order valence-electron chi connectivity index (χ2n) is 4.64. The molecule has 0 aliphatic rings. The SMILES string of the molecule is CCCN(CCCCCC(=O)O)CN(C)CC. The van der Waals surface area contributed by atoms with E-state index in [1.807, 2.05) is 0 Å². The molecule has 0 radical (unpaired) electrons. The number of hydrogen-bond donors (Lipinski definition) is 1. The predicted octanol–water partition coefficient (Wildman–Crippen LogP) is 2.25. The molecule has 4 heteroatoms. The van der Waals surface area contributed by atoms with Gasteiger partial charge in [0, 0.05) is 6.42 Å². The lowest BCUT2D eigenvalue weighted by atomic mass is 10.2. The highest BCUT2D eigenvalue weighted by Gasteiger charge is 2.06. The van der Waals surface area contributed by atoms with Gasteiger partial charge in [-0.05, 0) is 45.9 Å². The van der Waals surface area contributed by atoms with E-state index in [4.69, 9.17) is 5.11 Å². The van der Waals surface area contributed by atoms with Crippen LogP contribution in [-0.2, 0) is 4.79 Å². The van der Waals surface area contributed by atoms with E-state index in [0.717, 1.165) is 45.6 Å². The van der Waals surface area contributed by atoms with E-state index in [-0.39, 0.29) is 0 Å². The summed E-state index contributed by atoms with van der Waals surface area (Å²) in [5.74, 6) is -0.680. The van der Waals surface area contributed by atoms with Gasteiger partial charge >= 0.3 is 5.97 Å². The molecule has 0 unspecified atom stereocenters. The van der Waals surface area contributed by atoms with Crippen molar-refractivity contribution in [3.63, 3.8) is 0 Å². The van der Waals surface area contributed by atoms with Crippen LogP contribution < -0.4 is 0 Å². The van der Waals surface area contributed by atoms with Gasteiger partial charge in [0.1, 0.15) is 0 Å². The summed E-state index contributed by atoms with van der Waals surface area (Å²) in [5, 5.41) is 8.54. The molecule has 0 saturated carbocycles. The Morgan fingerprint density at radius 1 is 1.12 bits per heavy atom. The maximum atomic E-state index is 10.4. The van der Waals surface area contributed by atoms with Crippen LogP contribution in [0, 0.1) is 0 Å². The van der Waals surface area contributed by atoms with Crippen molar-refractivity contribution >= 4 is 5.97 Å². The van der Waals surface area contributed by atoms with Crippen LogP contribution in [0.2, 0.25) is 0 Å². The molecule has 0 atom stereocenters. The Morgan fingerprint density at radius 3 is 2.35 bits per heavy atom. The molecule has 0 fully saturated rings. The Morgan fingerprint density at radius 2 is 1.82 bits per heavy atom. The normalized spacial score (nSPS) is 11.4. The number of hydrogen-bond acceptors (Lipinski definition) is 3. The third-order valence-corrected chi connectivity index (χ3v) is 2.89. The first-order valence-corrected chi connectivity index (χ1v) is 6.72. The highest BCUT2D eigenvalue weighted by Crippen LogP contribution is 2.03. The zero-order valence-electron chi connectivity index (χ0n) is 11.6. The van der Waals surface area contributed by atoms with Crippen LogP contribution in [-0.4, -0.2) is 54.2 Å². The molecule has 0 aromatic heterocycles. The average Bonchev–Trinajstić information content (AvgIpc) is 2.28. The monoisotopic (exact) mass is 244 g/mol. The molecule has 0 aliphatic heterocycles. The fourth-order valence-corrected chi connectivity index (χ4v) is 1.80. The van der Waals surface area contributed by atoms with Crippen molar-refractivity contribution in [2.45, 2.75) is 46.0 Å². The van der Waals surface area contributed by atoms with Gasteiger partial charge in [-0.15, -0.1) is 0 Å². The first-order valence-electron chi connectivity index (χ1n) is 6.72. The maximum Gasteiger partial charge on any atom is 0.303 e. The van der Waals surface area contributed by atoms with Crippen LogP contribution in [0.4, 0.5) is 0 Å². The first kappa shape index (κ1) is 16.4. The number of nitrogens with zero attached hydrogens (tertiary/aromatic N) is 2. The fraction of sp³-hybridized carbons (Fsp3) is 0.923. The van der Waals surface area contributed by atoms with Crippen molar-refractivity contribution in [2.75, 3.05) is 33.4 Å². The Bertz CT molecular complexity index is 198.